The molecule has 2 aliphatic rings. The molecular weight excluding hydrogens is 254 g/mol. The van der Waals surface area contributed by atoms with Gasteiger partial charge in [0.15, 0.2) is 0 Å². The van der Waals surface area contributed by atoms with E-state index in [1.54, 1.807) is 11.1 Å². The second-order valence-electron chi connectivity index (χ2n) is 6.52. The van der Waals surface area contributed by atoms with Gasteiger partial charge < -0.3 is 5.32 Å². The molecular formula is C20H23N. The first-order chi connectivity index (χ1) is 10.4. The zero-order valence-corrected chi connectivity index (χ0v) is 12.5. The third-order valence-corrected chi connectivity index (χ3v) is 5.12. The van der Waals surface area contributed by atoms with Crippen molar-refractivity contribution in [1.82, 2.24) is 5.32 Å². The van der Waals surface area contributed by atoms with Crippen LogP contribution >= 0.6 is 0 Å². The van der Waals surface area contributed by atoms with E-state index < -0.39 is 0 Å². The minimum atomic E-state index is 0.611. The average Bonchev–Trinajstić information content (AvgIpc) is 3.41. The van der Waals surface area contributed by atoms with Crippen LogP contribution in [0.3, 0.4) is 0 Å². The van der Waals surface area contributed by atoms with Crippen LogP contribution in [-0.4, -0.2) is 13.1 Å². The zero-order chi connectivity index (χ0) is 14.1. The largest absolute Gasteiger partial charge is 0.316 e. The van der Waals surface area contributed by atoms with Crippen LogP contribution in [0.15, 0.2) is 54.6 Å². The molecule has 1 saturated heterocycles. The Balaban J connectivity index is 1.71. The average molecular weight is 277 g/mol. The summed E-state index contributed by atoms with van der Waals surface area (Å²) in [5.74, 6) is 2.12. The van der Waals surface area contributed by atoms with Crippen molar-refractivity contribution in [2.45, 2.75) is 37.0 Å². The van der Waals surface area contributed by atoms with E-state index in [0.29, 0.717) is 11.8 Å². The molecule has 21 heavy (non-hydrogen) atoms. The molecule has 0 bridgehead atoms. The smallest absolute Gasteiger partial charge is 0.00327 e. The molecule has 1 heteroatoms. The van der Waals surface area contributed by atoms with E-state index in [9.17, 15) is 0 Å². The molecule has 0 amide bonds. The third-order valence-electron chi connectivity index (χ3n) is 5.12. The first-order valence-corrected chi connectivity index (χ1v) is 8.28. The molecule has 1 saturated carbocycles. The van der Waals surface area contributed by atoms with Gasteiger partial charge >= 0.3 is 0 Å². The summed E-state index contributed by atoms with van der Waals surface area (Å²) in [6.45, 7) is 2.25. The molecule has 1 N–H and O–H groups in total. The summed E-state index contributed by atoms with van der Waals surface area (Å²) in [4.78, 5) is 0. The molecule has 0 radical (unpaired) electrons. The monoisotopic (exact) mass is 277 g/mol. The summed E-state index contributed by atoms with van der Waals surface area (Å²) in [6, 6.07) is 20.3. The van der Waals surface area contributed by atoms with Gasteiger partial charge in [-0.25, -0.2) is 0 Å². The summed E-state index contributed by atoms with van der Waals surface area (Å²) in [7, 11) is 0. The van der Waals surface area contributed by atoms with Crippen LogP contribution in [-0.2, 0) is 0 Å². The molecule has 0 aromatic heterocycles. The van der Waals surface area contributed by atoms with Gasteiger partial charge in [-0.2, -0.15) is 0 Å². The molecule has 2 aromatic rings. The maximum atomic E-state index is 3.60. The topological polar surface area (TPSA) is 12.0 Å². The van der Waals surface area contributed by atoms with Crippen LogP contribution < -0.4 is 5.32 Å². The standard InChI is InChI=1S/C20H23N/c1-2-6-15(7-3-1)20-14-21-13-12-19(20)18-9-5-4-8-17(18)16-10-11-16/h1-9,16,19-21H,10-14H2. The molecule has 2 aromatic carbocycles. The molecule has 2 atom stereocenters. The van der Waals surface area contributed by atoms with Gasteiger partial charge in [0, 0.05) is 12.5 Å². The Morgan fingerprint density at radius 2 is 1.43 bits per heavy atom. The minimum Gasteiger partial charge on any atom is -0.316 e. The van der Waals surface area contributed by atoms with Gasteiger partial charge in [-0.15, -0.1) is 0 Å². The maximum Gasteiger partial charge on any atom is 0.00327 e. The number of benzene rings is 2. The van der Waals surface area contributed by atoms with Crippen molar-refractivity contribution in [2.75, 3.05) is 13.1 Å². The Hall–Kier alpha value is -1.60. The predicted molar refractivity (Wildman–Crippen MR) is 87.8 cm³/mol. The Morgan fingerprint density at radius 3 is 2.19 bits per heavy atom. The highest BCUT2D eigenvalue weighted by molar-refractivity contribution is 5.39. The molecule has 1 nitrogen and oxygen atoms in total. The molecule has 4 rings (SSSR count). The Kier molecular flexibility index (Phi) is 3.52. The first-order valence-electron chi connectivity index (χ1n) is 8.28. The normalized spacial score (nSPS) is 25.7. The van der Waals surface area contributed by atoms with Gasteiger partial charge in [0.05, 0.1) is 0 Å². The van der Waals surface area contributed by atoms with E-state index >= 15 is 0 Å². The summed E-state index contributed by atoms with van der Waals surface area (Å²) in [5.41, 5.74) is 4.74. The van der Waals surface area contributed by atoms with Gasteiger partial charge in [0.1, 0.15) is 0 Å². The van der Waals surface area contributed by atoms with Gasteiger partial charge in [-0.3, -0.25) is 0 Å². The molecule has 1 aliphatic carbocycles. The molecule has 1 aliphatic heterocycles. The predicted octanol–water partition coefficient (Wildman–Crippen LogP) is 4.42. The minimum absolute atomic E-state index is 0.611. The Bertz CT molecular complexity index is 600. The van der Waals surface area contributed by atoms with Crippen molar-refractivity contribution in [1.29, 1.82) is 0 Å². The molecule has 0 spiro atoms. The fourth-order valence-electron chi connectivity index (χ4n) is 3.90. The molecule has 1 heterocycles. The van der Waals surface area contributed by atoms with Crippen LogP contribution in [0.1, 0.15) is 53.7 Å². The summed E-state index contributed by atoms with van der Waals surface area (Å²) < 4.78 is 0. The lowest BCUT2D eigenvalue weighted by atomic mass is 9.75. The van der Waals surface area contributed by atoms with E-state index in [0.717, 1.165) is 19.0 Å². The second-order valence-corrected chi connectivity index (χ2v) is 6.52. The third kappa shape index (κ3) is 2.63. The SMILES string of the molecule is c1ccc(C2CNCCC2c2ccccc2C2CC2)cc1. The van der Waals surface area contributed by atoms with Crippen molar-refractivity contribution in [3.05, 3.63) is 71.3 Å². The van der Waals surface area contributed by atoms with Crippen molar-refractivity contribution >= 4 is 0 Å². The number of rotatable bonds is 3. The first kappa shape index (κ1) is 13.1. The van der Waals surface area contributed by atoms with Gasteiger partial charge in [-0.1, -0.05) is 54.6 Å². The van der Waals surface area contributed by atoms with Crippen molar-refractivity contribution < 1.29 is 0 Å². The lowest BCUT2D eigenvalue weighted by Gasteiger charge is -2.34. The van der Waals surface area contributed by atoms with Crippen molar-refractivity contribution in [3.63, 3.8) is 0 Å². The summed E-state index contributed by atoms with van der Waals surface area (Å²) >= 11 is 0. The molecule has 2 unspecified atom stereocenters. The fraction of sp³-hybridized carbons (Fsp3) is 0.400. The maximum absolute atomic E-state index is 3.60. The van der Waals surface area contributed by atoms with Gasteiger partial charge in [0.2, 0.25) is 0 Å². The molecule has 2 fully saturated rings. The van der Waals surface area contributed by atoms with E-state index in [2.05, 4.69) is 59.9 Å². The van der Waals surface area contributed by atoms with Gasteiger partial charge in [0.25, 0.3) is 0 Å². The lowest BCUT2D eigenvalue weighted by molar-refractivity contribution is 0.402. The van der Waals surface area contributed by atoms with Crippen molar-refractivity contribution in [3.8, 4) is 0 Å². The van der Waals surface area contributed by atoms with Crippen LogP contribution in [0.2, 0.25) is 0 Å². The summed E-state index contributed by atoms with van der Waals surface area (Å²) in [5, 5.41) is 3.60. The Labute approximate surface area is 127 Å². The lowest BCUT2D eigenvalue weighted by Crippen LogP contribution is -2.34. The highest BCUT2D eigenvalue weighted by Crippen LogP contribution is 2.46. The van der Waals surface area contributed by atoms with Crippen LogP contribution in [0.4, 0.5) is 0 Å². The highest BCUT2D eigenvalue weighted by Gasteiger charge is 2.33. The number of hydrogen-bond acceptors (Lipinski definition) is 1. The van der Waals surface area contributed by atoms with Gasteiger partial charge in [-0.05, 0) is 54.3 Å². The fourth-order valence-corrected chi connectivity index (χ4v) is 3.90. The second kappa shape index (κ2) is 5.65. The Morgan fingerprint density at radius 1 is 0.714 bits per heavy atom. The van der Waals surface area contributed by atoms with E-state index in [-0.39, 0.29) is 0 Å². The van der Waals surface area contributed by atoms with Crippen LogP contribution in [0.25, 0.3) is 0 Å². The van der Waals surface area contributed by atoms with Crippen LogP contribution in [0, 0.1) is 0 Å². The number of piperidine rings is 1. The van der Waals surface area contributed by atoms with Crippen LogP contribution in [0.5, 0.6) is 0 Å². The van der Waals surface area contributed by atoms with E-state index in [4.69, 9.17) is 0 Å². The van der Waals surface area contributed by atoms with E-state index in [1.165, 1.54) is 24.8 Å². The molecule has 108 valence electrons. The zero-order valence-electron chi connectivity index (χ0n) is 12.5. The summed E-state index contributed by atoms with van der Waals surface area (Å²) in [6.07, 6.45) is 4.03. The number of nitrogens with one attached hydrogen (secondary N) is 1. The van der Waals surface area contributed by atoms with Crippen molar-refractivity contribution in [2.24, 2.45) is 0 Å². The highest BCUT2D eigenvalue weighted by atomic mass is 14.9. The quantitative estimate of drug-likeness (QED) is 0.875. The number of hydrogen-bond donors (Lipinski definition) is 1. The van der Waals surface area contributed by atoms with E-state index in [1.807, 2.05) is 0 Å².